The van der Waals surface area contributed by atoms with Gasteiger partial charge in [0.2, 0.25) is 0 Å². The van der Waals surface area contributed by atoms with Gasteiger partial charge in [-0.15, -0.1) is 0 Å². The zero-order chi connectivity index (χ0) is 13.1. The molecule has 1 heterocycles. The molecule has 0 aliphatic rings. The molecule has 0 bridgehead atoms. The second-order valence-electron chi connectivity index (χ2n) is 3.97. The molecule has 1 aromatic heterocycles. The van der Waals surface area contributed by atoms with Gasteiger partial charge >= 0.3 is 127 Å². The van der Waals surface area contributed by atoms with Crippen LogP contribution in [0, 0.1) is 0 Å². The van der Waals surface area contributed by atoms with E-state index < -0.39 is 0 Å². The van der Waals surface area contributed by atoms with Gasteiger partial charge in [-0.05, 0) is 0 Å². The summed E-state index contributed by atoms with van der Waals surface area (Å²) in [4.78, 5) is 4.51. The number of aromatic nitrogens is 2. The summed E-state index contributed by atoms with van der Waals surface area (Å²) < 4.78 is 4.58. The third-order valence-corrected chi connectivity index (χ3v) is 5.91. The van der Waals surface area contributed by atoms with Crippen molar-refractivity contribution in [2.45, 2.75) is 0 Å². The molecule has 0 unspecified atom stereocenters. The van der Waals surface area contributed by atoms with E-state index >= 15 is 0 Å². The summed E-state index contributed by atoms with van der Waals surface area (Å²) >= 11 is 3.77. The average Bonchev–Trinajstić information content (AvgIpc) is 2.82. The Balaban J connectivity index is 2.00. The maximum absolute atomic E-state index is 4.51. The summed E-state index contributed by atoms with van der Waals surface area (Å²) in [6.45, 7) is 0. The molecule has 3 aromatic rings. The van der Waals surface area contributed by atoms with E-state index in [-0.39, 0.29) is 15.2 Å². The first-order valence-electron chi connectivity index (χ1n) is 5.86. The van der Waals surface area contributed by atoms with Crippen molar-refractivity contribution in [1.29, 1.82) is 0 Å². The van der Waals surface area contributed by atoms with Crippen LogP contribution >= 0.6 is 15.9 Å². The SMILES string of the molecule is Brc1cnc(-c2ccccc2)n1[Se]c1ccccc1. The monoisotopic (exact) mass is 378 g/mol. The fraction of sp³-hybridized carbons (Fsp3) is 0. The molecule has 4 heteroatoms. The van der Waals surface area contributed by atoms with Crippen molar-refractivity contribution in [3.8, 4) is 11.4 Å². The Morgan fingerprint density at radius 3 is 2.21 bits per heavy atom. The van der Waals surface area contributed by atoms with Gasteiger partial charge in [-0.25, -0.2) is 0 Å². The van der Waals surface area contributed by atoms with Crippen LogP contribution in [0.2, 0.25) is 0 Å². The Morgan fingerprint density at radius 2 is 1.53 bits per heavy atom. The molecular formula is C15H11BrN2Se. The van der Waals surface area contributed by atoms with E-state index in [1.807, 2.05) is 30.5 Å². The Kier molecular flexibility index (Phi) is 3.83. The van der Waals surface area contributed by atoms with Gasteiger partial charge in [0, 0.05) is 0 Å². The van der Waals surface area contributed by atoms with E-state index in [0.717, 1.165) is 16.0 Å². The van der Waals surface area contributed by atoms with Crippen molar-refractivity contribution in [3.63, 3.8) is 0 Å². The molecular weight excluding hydrogens is 367 g/mol. The van der Waals surface area contributed by atoms with Crippen LogP contribution in [0.15, 0.2) is 71.5 Å². The predicted molar refractivity (Wildman–Crippen MR) is 82.6 cm³/mol. The Bertz CT molecular complexity index is 665. The van der Waals surface area contributed by atoms with E-state index in [4.69, 9.17) is 0 Å². The molecule has 0 atom stereocenters. The Hall–Kier alpha value is -1.35. The number of halogens is 1. The third-order valence-electron chi connectivity index (χ3n) is 2.65. The van der Waals surface area contributed by atoms with Gasteiger partial charge in [0.05, 0.1) is 0 Å². The van der Waals surface area contributed by atoms with Crippen molar-refractivity contribution < 1.29 is 0 Å². The maximum atomic E-state index is 4.51. The number of rotatable bonds is 3. The van der Waals surface area contributed by atoms with Crippen molar-refractivity contribution in [3.05, 3.63) is 71.5 Å². The van der Waals surface area contributed by atoms with E-state index in [9.17, 15) is 0 Å². The van der Waals surface area contributed by atoms with Crippen LogP contribution < -0.4 is 4.46 Å². The van der Waals surface area contributed by atoms with E-state index in [0.29, 0.717) is 0 Å². The molecule has 0 aliphatic heterocycles. The van der Waals surface area contributed by atoms with Crippen LogP contribution in [0.25, 0.3) is 11.4 Å². The second kappa shape index (κ2) is 5.74. The summed E-state index contributed by atoms with van der Waals surface area (Å²) in [5, 5.41) is 0. The first-order chi connectivity index (χ1) is 9.34. The van der Waals surface area contributed by atoms with Gasteiger partial charge in [-0.1, -0.05) is 0 Å². The van der Waals surface area contributed by atoms with Crippen LogP contribution in [-0.4, -0.2) is 23.7 Å². The van der Waals surface area contributed by atoms with Crippen LogP contribution in [0.4, 0.5) is 0 Å². The fourth-order valence-electron chi connectivity index (χ4n) is 1.77. The molecule has 2 aromatic carbocycles. The number of benzene rings is 2. The third kappa shape index (κ3) is 2.81. The van der Waals surface area contributed by atoms with Gasteiger partial charge in [0.1, 0.15) is 0 Å². The molecule has 2 nitrogen and oxygen atoms in total. The fourth-order valence-corrected chi connectivity index (χ4v) is 4.23. The van der Waals surface area contributed by atoms with Crippen molar-refractivity contribution in [2.24, 2.45) is 0 Å². The average molecular weight is 378 g/mol. The number of imidazole rings is 1. The summed E-state index contributed by atoms with van der Waals surface area (Å²) in [6, 6.07) is 20.8. The molecule has 19 heavy (non-hydrogen) atoms. The zero-order valence-corrected chi connectivity index (χ0v) is 13.3. The van der Waals surface area contributed by atoms with Gasteiger partial charge < -0.3 is 0 Å². The van der Waals surface area contributed by atoms with E-state index in [1.54, 1.807) is 0 Å². The van der Waals surface area contributed by atoms with Crippen LogP contribution in [0.5, 0.6) is 0 Å². The second-order valence-corrected chi connectivity index (χ2v) is 6.92. The number of hydrogen-bond donors (Lipinski definition) is 0. The molecule has 0 N–H and O–H groups in total. The Morgan fingerprint density at radius 1 is 0.895 bits per heavy atom. The van der Waals surface area contributed by atoms with Crippen LogP contribution in [0.3, 0.4) is 0 Å². The molecule has 0 amide bonds. The topological polar surface area (TPSA) is 17.8 Å². The van der Waals surface area contributed by atoms with Crippen molar-refractivity contribution in [1.82, 2.24) is 8.57 Å². The molecule has 0 saturated heterocycles. The predicted octanol–water partition coefficient (Wildman–Crippen LogP) is 3.11. The zero-order valence-electron chi connectivity index (χ0n) is 10.0. The normalized spacial score (nSPS) is 10.6. The van der Waals surface area contributed by atoms with Gasteiger partial charge in [-0.2, -0.15) is 0 Å². The molecule has 94 valence electrons. The molecule has 0 fully saturated rings. The van der Waals surface area contributed by atoms with Crippen LogP contribution in [-0.2, 0) is 0 Å². The van der Waals surface area contributed by atoms with Gasteiger partial charge in [0.15, 0.2) is 0 Å². The van der Waals surface area contributed by atoms with Crippen molar-refractivity contribution in [2.75, 3.05) is 0 Å². The first-order valence-corrected chi connectivity index (χ1v) is 8.28. The summed E-state index contributed by atoms with van der Waals surface area (Å²) in [7, 11) is 0. The van der Waals surface area contributed by atoms with E-state index in [2.05, 4.69) is 60.9 Å². The van der Waals surface area contributed by atoms with Crippen molar-refractivity contribution >= 4 is 35.6 Å². The number of hydrogen-bond acceptors (Lipinski definition) is 1. The first kappa shape index (κ1) is 12.7. The molecule has 0 radical (unpaired) electrons. The Labute approximate surface area is 127 Å². The standard InChI is InChI=1S/C15H11BrN2Se/c16-14-11-17-15(12-7-3-1-4-8-12)18(14)19-13-9-5-2-6-10-13/h1-11H. The van der Waals surface area contributed by atoms with E-state index in [1.165, 1.54) is 4.46 Å². The molecule has 0 aliphatic carbocycles. The molecule has 0 spiro atoms. The molecule has 3 rings (SSSR count). The quantitative estimate of drug-likeness (QED) is 0.641. The number of nitrogens with zero attached hydrogens (tertiary/aromatic N) is 2. The summed E-state index contributed by atoms with van der Waals surface area (Å²) in [6.07, 6.45) is 1.87. The van der Waals surface area contributed by atoms with Crippen LogP contribution in [0.1, 0.15) is 0 Å². The molecule has 0 saturated carbocycles. The minimum atomic E-state index is 0.182. The van der Waals surface area contributed by atoms with Gasteiger partial charge in [-0.3, -0.25) is 0 Å². The summed E-state index contributed by atoms with van der Waals surface area (Å²) in [5.74, 6) is 1.01. The minimum absolute atomic E-state index is 0.182. The van der Waals surface area contributed by atoms with Gasteiger partial charge in [0.25, 0.3) is 0 Å². The summed E-state index contributed by atoms with van der Waals surface area (Å²) in [5.41, 5.74) is 1.14.